The summed E-state index contributed by atoms with van der Waals surface area (Å²) in [7, 11) is 0. The molecule has 3 heterocycles. The standard InChI is InChI=1S/C15H20FN5O2/c16-11-8-18-15(19-9-11)21-5-3-10(4-6-21)7-17-14(23)12-1-2-13(22)20-12/h8-10,12H,1-7H2,(H,17,23)(H,20,22)/t12-/m0/s1. The van der Waals surface area contributed by atoms with Crippen molar-refractivity contribution in [3.05, 3.63) is 18.2 Å². The summed E-state index contributed by atoms with van der Waals surface area (Å²) in [4.78, 5) is 33.1. The van der Waals surface area contributed by atoms with Gasteiger partial charge in [-0.05, 0) is 25.2 Å². The molecule has 2 saturated heterocycles. The average Bonchev–Trinajstić information content (AvgIpc) is 3.00. The second-order valence-electron chi connectivity index (χ2n) is 6.04. The van der Waals surface area contributed by atoms with Crippen LogP contribution in [-0.4, -0.2) is 47.5 Å². The van der Waals surface area contributed by atoms with Crippen LogP contribution in [-0.2, 0) is 9.59 Å². The number of rotatable bonds is 4. The summed E-state index contributed by atoms with van der Waals surface area (Å²) in [6.07, 6.45) is 5.17. The summed E-state index contributed by atoms with van der Waals surface area (Å²) in [5, 5.41) is 5.59. The average molecular weight is 321 g/mol. The Balaban J connectivity index is 1.41. The molecule has 124 valence electrons. The minimum Gasteiger partial charge on any atom is -0.354 e. The Morgan fingerprint density at radius 3 is 2.61 bits per heavy atom. The van der Waals surface area contributed by atoms with Crippen LogP contribution < -0.4 is 15.5 Å². The quantitative estimate of drug-likeness (QED) is 0.829. The first kappa shape index (κ1) is 15.6. The highest BCUT2D eigenvalue weighted by Gasteiger charge is 2.28. The first-order valence-corrected chi connectivity index (χ1v) is 7.91. The van der Waals surface area contributed by atoms with Crippen molar-refractivity contribution in [3.63, 3.8) is 0 Å². The zero-order chi connectivity index (χ0) is 16.2. The molecule has 2 amide bonds. The molecule has 0 spiro atoms. The largest absolute Gasteiger partial charge is 0.354 e. The molecule has 23 heavy (non-hydrogen) atoms. The normalized spacial score (nSPS) is 22.0. The van der Waals surface area contributed by atoms with Crippen molar-refractivity contribution < 1.29 is 14.0 Å². The number of hydrogen-bond acceptors (Lipinski definition) is 5. The van der Waals surface area contributed by atoms with Crippen molar-refractivity contribution in [2.45, 2.75) is 31.7 Å². The zero-order valence-electron chi connectivity index (χ0n) is 12.8. The number of nitrogens with zero attached hydrogens (tertiary/aromatic N) is 3. The van der Waals surface area contributed by atoms with Crippen molar-refractivity contribution >= 4 is 17.8 Å². The van der Waals surface area contributed by atoms with Gasteiger partial charge in [-0.2, -0.15) is 0 Å². The van der Waals surface area contributed by atoms with E-state index in [2.05, 4.69) is 20.6 Å². The van der Waals surface area contributed by atoms with Gasteiger partial charge in [0.1, 0.15) is 6.04 Å². The van der Waals surface area contributed by atoms with Gasteiger partial charge in [-0.25, -0.2) is 14.4 Å². The van der Waals surface area contributed by atoms with Crippen molar-refractivity contribution in [2.75, 3.05) is 24.5 Å². The number of aromatic nitrogens is 2. The third kappa shape index (κ3) is 3.94. The summed E-state index contributed by atoms with van der Waals surface area (Å²) in [5.41, 5.74) is 0. The lowest BCUT2D eigenvalue weighted by Crippen LogP contribution is -2.45. The Morgan fingerprint density at radius 2 is 2.00 bits per heavy atom. The van der Waals surface area contributed by atoms with Crippen molar-refractivity contribution in [1.82, 2.24) is 20.6 Å². The van der Waals surface area contributed by atoms with Gasteiger partial charge in [-0.1, -0.05) is 0 Å². The van der Waals surface area contributed by atoms with E-state index in [1.165, 1.54) is 12.4 Å². The van der Waals surface area contributed by atoms with Gasteiger partial charge in [-0.15, -0.1) is 0 Å². The molecule has 2 aliphatic rings. The highest BCUT2D eigenvalue weighted by molar-refractivity contribution is 5.90. The van der Waals surface area contributed by atoms with Gasteiger partial charge in [0, 0.05) is 26.1 Å². The molecular formula is C15H20FN5O2. The summed E-state index contributed by atoms with van der Waals surface area (Å²) in [6.45, 7) is 2.18. The molecule has 1 aromatic heterocycles. The van der Waals surface area contributed by atoms with Crippen LogP contribution in [0.1, 0.15) is 25.7 Å². The monoisotopic (exact) mass is 321 g/mol. The van der Waals surface area contributed by atoms with E-state index in [1.54, 1.807) is 0 Å². The molecule has 7 nitrogen and oxygen atoms in total. The molecule has 0 bridgehead atoms. The van der Waals surface area contributed by atoms with E-state index in [0.29, 0.717) is 31.3 Å². The van der Waals surface area contributed by atoms with E-state index in [0.717, 1.165) is 25.9 Å². The summed E-state index contributed by atoms with van der Waals surface area (Å²) in [5.74, 6) is 0.346. The molecule has 0 unspecified atom stereocenters. The first-order valence-electron chi connectivity index (χ1n) is 7.91. The van der Waals surface area contributed by atoms with Crippen LogP contribution in [0.4, 0.5) is 10.3 Å². The molecule has 2 aliphatic heterocycles. The third-order valence-corrected chi connectivity index (χ3v) is 4.38. The van der Waals surface area contributed by atoms with Crippen LogP contribution in [0, 0.1) is 11.7 Å². The highest BCUT2D eigenvalue weighted by atomic mass is 19.1. The fraction of sp³-hybridized carbons (Fsp3) is 0.600. The molecule has 0 aliphatic carbocycles. The third-order valence-electron chi connectivity index (χ3n) is 4.38. The number of anilines is 1. The smallest absolute Gasteiger partial charge is 0.242 e. The topological polar surface area (TPSA) is 87.2 Å². The minimum atomic E-state index is -0.439. The van der Waals surface area contributed by atoms with E-state index in [-0.39, 0.29) is 17.9 Å². The molecule has 1 aromatic rings. The Hall–Kier alpha value is -2.25. The van der Waals surface area contributed by atoms with Crippen molar-refractivity contribution in [3.8, 4) is 0 Å². The first-order chi connectivity index (χ1) is 11.1. The number of halogens is 1. The Morgan fingerprint density at radius 1 is 1.30 bits per heavy atom. The maximum absolute atomic E-state index is 12.8. The molecular weight excluding hydrogens is 301 g/mol. The van der Waals surface area contributed by atoms with Gasteiger partial charge in [0.2, 0.25) is 17.8 Å². The molecule has 1 atom stereocenters. The summed E-state index contributed by atoms with van der Waals surface area (Å²) < 4.78 is 12.8. The number of piperidine rings is 1. The van der Waals surface area contributed by atoms with Crippen LogP contribution >= 0.6 is 0 Å². The number of carbonyl (C=O) groups is 2. The fourth-order valence-corrected chi connectivity index (χ4v) is 2.98. The van der Waals surface area contributed by atoms with E-state index in [9.17, 15) is 14.0 Å². The lowest BCUT2D eigenvalue weighted by atomic mass is 9.97. The number of carbonyl (C=O) groups excluding carboxylic acids is 2. The van der Waals surface area contributed by atoms with Crippen LogP contribution in [0.15, 0.2) is 12.4 Å². The second kappa shape index (κ2) is 6.89. The van der Waals surface area contributed by atoms with Crippen LogP contribution in [0.25, 0.3) is 0 Å². The maximum Gasteiger partial charge on any atom is 0.242 e. The minimum absolute atomic E-state index is 0.0576. The zero-order valence-corrected chi connectivity index (χ0v) is 12.8. The molecule has 2 fully saturated rings. The van der Waals surface area contributed by atoms with Gasteiger partial charge in [0.25, 0.3) is 0 Å². The second-order valence-corrected chi connectivity index (χ2v) is 6.04. The maximum atomic E-state index is 12.8. The van der Waals surface area contributed by atoms with Crippen LogP contribution in [0.3, 0.4) is 0 Å². The predicted molar refractivity (Wildman–Crippen MR) is 81.1 cm³/mol. The lowest BCUT2D eigenvalue weighted by molar-refractivity contribution is -0.125. The molecule has 0 radical (unpaired) electrons. The lowest BCUT2D eigenvalue weighted by Gasteiger charge is -2.32. The number of amides is 2. The molecule has 0 aromatic carbocycles. The van der Waals surface area contributed by atoms with Gasteiger partial charge in [0.15, 0.2) is 5.82 Å². The van der Waals surface area contributed by atoms with E-state index in [4.69, 9.17) is 0 Å². The van der Waals surface area contributed by atoms with Gasteiger partial charge >= 0.3 is 0 Å². The van der Waals surface area contributed by atoms with Gasteiger partial charge < -0.3 is 15.5 Å². The van der Waals surface area contributed by atoms with Crippen molar-refractivity contribution in [1.29, 1.82) is 0 Å². The van der Waals surface area contributed by atoms with Crippen LogP contribution in [0.5, 0.6) is 0 Å². The Kier molecular flexibility index (Phi) is 4.68. The van der Waals surface area contributed by atoms with Crippen LogP contribution in [0.2, 0.25) is 0 Å². The van der Waals surface area contributed by atoms with Gasteiger partial charge in [-0.3, -0.25) is 9.59 Å². The molecule has 0 saturated carbocycles. The Labute approximate surface area is 133 Å². The van der Waals surface area contributed by atoms with E-state index >= 15 is 0 Å². The Bertz CT molecular complexity index is 572. The van der Waals surface area contributed by atoms with Crippen molar-refractivity contribution in [2.24, 2.45) is 5.92 Å². The fourth-order valence-electron chi connectivity index (χ4n) is 2.98. The van der Waals surface area contributed by atoms with Gasteiger partial charge in [0.05, 0.1) is 12.4 Å². The van der Waals surface area contributed by atoms with E-state index in [1.807, 2.05) is 4.90 Å². The summed E-state index contributed by atoms with van der Waals surface area (Å²) >= 11 is 0. The molecule has 2 N–H and O–H groups in total. The number of hydrogen-bond donors (Lipinski definition) is 2. The highest BCUT2D eigenvalue weighted by Crippen LogP contribution is 2.20. The predicted octanol–water partition coefficient (Wildman–Crippen LogP) is 0.227. The molecule has 8 heteroatoms. The number of nitrogens with one attached hydrogen (secondary N) is 2. The SMILES string of the molecule is O=C1CC[C@@H](C(=O)NCC2CCN(c3ncc(F)cn3)CC2)N1. The molecule has 3 rings (SSSR count). The van der Waals surface area contributed by atoms with E-state index < -0.39 is 5.82 Å². The summed E-state index contributed by atoms with van der Waals surface area (Å²) in [6, 6.07) is -0.379.